The molecular formula is C19H20N2. The van der Waals surface area contributed by atoms with Gasteiger partial charge < -0.3 is 0 Å². The Labute approximate surface area is 126 Å². The Balaban J connectivity index is 2.05. The molecule has 0 unspecified atom stereocenters. The molecule has 106 valence electrons. The van der Waals surface area contributed by atoms with Crippen LogP contribution in [0.5, 0.6) is 0 Å². The van der Waals surface area contributed by atoms with Crippen LogP contribution in [0.15, 0.2) is 48.8 Å². The number of hydrogen-bond acceptors (Lipinski definition) is 1. The van der Waals surface area contributed by atoms with Crippen molar-refractivity contribution in [2.24, 2.45) is 0 Å². The first-order valence-corrected chi connectivity index (χ1v) is 7.24. The summed E-state index contributed by atoms with van der Waals surface area (Å²) in [5.74, 6) is 0. The van der Waals surface area contributed by atoms with Gasteiger partial charge in [-0.05, 0) is 44.4 Å². The maximum Gasteiger partial charge on any atom is 0.0704 e. The summed E-state index contributed by atoms with van der Waals surface area (Å²) < 4.78 is 1.99. The van der Waals surface area contributed by atoms with E-state index in [1.54, 1.807) is 0 Å². The minimum Gasteiger partial charge on any atom is -0.240 e. The van der Waals surface area contributed by atoms with Crippen LogP contribution in [0.25, 0.3) is 16.8 Å². The lowest BCUT2D eigenvalue weighted by Crippen LogP contribution is -2.01. The topological polar surface area (TPSA) is 17.8 Å². The summed E-state index contributed by atoms with van der Waals surface area (Å²) >= 11 is 0. The molecule has 1 heterocycles. The first kappa shape index (κ1) is 13.6. The molecule has 1 aromatic heterocycles. The number of aromatic nitrogens is 2. The zero-order chi connectivity index (χ0) is 15.0. The average molecular weight is 276 g/mol. The normalized spacial score (nSPS) is 10.9. The van der Waals surface area contributed by atoms with Gasteiger partial charge in [0, 0.05) is 11.8 Å². The molecule has 3 rings (SSSR count). The molecule has 21 heavy (non-hydrogen) atoms. The van der Waals surface area contributed by atoms with Crippen LogP contribution in [0, 0.1) is 27.7 Å². The molecule has 0 aliphatic carbocycles. The quantitative estimate of drug-likeness (QED) is 0.659. The number of hydrogen-bond donors (Lipinski definition) is 0. The highest BCUT2D eigenvalue weighted by Gasteiger charge is 2.09. The second-order valence-electron chi connectivity index (χ2n) is 5.79. The minimum atomic E-state index is 1.15. The fourth-order valence-electron chi connectivity index (χ4n) is 2.87. The molecule has 0 saturated heterocycles. The molecule has 0 radical (unpaired) electrons. The summed E-state index contributed by atoms with van der Waals surface area (Å²) in [5.41, 5.74) is 8.61. The SMILES string of the molecule is Cc1ccc(-c2cnn(-c3c(C)cc(C)cc3C)c2)cc1. The van der Waals surface area contributed by atoms with E-state index in [0.29, 0.717) is 0 Å². The fraction of sp³-hybridized carbons (Fsp3) is 0.211. The molecule has 0 saturated carbocycles. The minimum absolute atomic E-state index is 1.15. The van der Waals surface area contributed by atoms with Gasteiger partial charge in [0.15, 0.2) is 0 Å². The van der Waals surface area contributed by atoms with Crippen LogP contribution in [0.1, 0.15) is 22.3 Å². The molecule has 2 aromatic carbocycles. The van der Waals surface area contributed by atoms with Crippen LogP contribution in [0.4, 0.5) is 0 Å². The van der Waals surface area contributed by atoms with Gasteiger partial charge in [0.05, 0.1) is 11.9 Å². The van der Waals surface area contributed by atoms with Crippen molar-refractivity contribution in [2.45, 2.75) is 27.7 Å². The van der Waals surface area contributed by atoms with Gasteiger partial charge in [-0.1, -0.05) is 47.5 Å². The number of benzene rings is 2. The van der Waals surface area contributed by atoms with Crippen molar-refractivity contribution < 1.29 is 0 Å². The van der Waals surface area contributed by atoms with Crippen LogP contribution in [0.2, 0.25) is 0 Å². The number of rotatable bonds is 2. The van der Waals surface area contributed by atoms with Crippen molar-refractivity contribution in [3.63, 3.8) is 0 Å². The first-order chi connectivity index (χ1) is 10.0. The summed E-state index contributed by atoms with van der Waals surface area (Å²) in [6.07, 6.45) is 4.04. The van der Waals surface area contributed by atoms with Crippen LogP contribution < -0.4 is 0 Å². The van der Waals surface area contributed by atoms with Crippen molar-refractivity contribution in [3.8, 4) is 16.8 Å². The van der Waals surface area contributed by atoms with Gasteiger partial charge in [0.25, 0.3) is 0 Å². The smallest absolute Gasteiger partial charge is 0.0704 e. The zero-order valence-corrected chi connectivity index (χ0v) is 13.0. The summed E-state index contributed by atoms with van der Waals surface area (Å²) in [6.45, 7) is 8.52. The Morgan fingerprint density at radius 3 is 2.00 bits per heavy atom. The molecule has 0 aliphatic rings. The molecule has 2 heteroatoms. The Hall–Kier alpha value is -2.35. The molecule has 0 bridgehead atoms. The molecule has 0 N–H and O–H groups in total. The second-order valence-corrected chi connectivity index (χ2v) is 5.79. The second kappa shape index (κ2) is 5.21. The van der Waals surface area contributed by atoms with Gasteiger partial charge in [-0.3, -0.25) is 0 Å². The third kappa shape index (κ3) is 2.62. The molecule has 0 fully saturated rings. The third-order valence-electron chi connectivity index (χ3n) is 3.83. The van der Waals surface area contributed by atoms with Crippen LogP contribution in [-0.4, -0.2) is 9.78 Å². The van der Waals surface area contributed by atoms with Crippen molar-refractivity contribution in [3.05, 3.63) is 71.0 Å². The largest absolute Gasteiger partial charge is 0.240 e. The van der Waals surface area contributed by atoms with E-state index in [2.05, 4.69) is 75.4 Å². The van der Waals surface area contributed by atoms with Crippen molar-refractivity contribution >= 4 is 0 Å². The van der Waals surface area contributed by atoms with Gasteiger partial charge in [-0.25, -0.2) is 4.68 Å². The molecule has 2 nitrogen and oxygen atoms in total. The van der Waals surface area contributed by atoms with Crippen molar-refractivity contribution in [2.75, 3.05) is 0 Å². The van der Waals surface area contributed by atoms with E-state index in [-0.39, 0.29) is 0 Å². The van der Waals surface area contributed by atoms with E-state index in [1.165, 1.54) is 33.5 Å². The van der Waals surface area contributed by atoms with Crippen LogP contribution in [-0.2, 0) is 0 Å². The maximum atomic E-state index is 4.55. The summed E-state index contributed by atoms with van der Waals surface area (Å²) in [6, 6.07) is 13.0. The summed E-state index contributed by atoms with van der Waals surface area (Å²) in [5, 5.41) is 4.55. The third-order valence-corrected chi connectivity index (χ3v) is 3.83. The molecule has 3 aromatic rings. The van der Waals surface area contributed by atoms with Gasteiger partial charge >= 0.3 is 0 Å². The predicted octanol–water partition coefficient (Wildman–Crippen LogP) is 4.77. The lowest BCUT2D eigenvalue weighted by Gasteiger charge is -2.11. The molecular weight excluding hydrogens is 256 g/mol. The van der Waals surface area contributed by atoms with E-state index < -0.39 is 0 Å². The fourth-order valence-corrected chi connectivity index (χ4v) is 2.87. The number of aryl methyl sites for hydroxylation is 4. The Morgan fingerprint density at radius 1 is 0.762 bits per heavy atom. The van der Waals surface area contributed by atoms with Gasteiger partial charge in [-0.15, -0.1) is 0 Å². The van der Waals surface area contributed by atoms with Gasteiger partial charge in [0.2, 0.25) is 0 Å². The van der Waals surface area contributed by atoms with Gasteiger partial charge in [-0.2, -0.15) is 5.10 Å². The molecule has 0 spiro atoms. The Kier molecular flexibility index (Phi) is 3.38. The molecule has 0 amide bonds. The Bertz CT molecular complexity index is 757. The lowest BCUT2D eigenvalue weighted by molar-refractivity contribution is 0.864. The predicted molar refractivity (Wildman–Crippen MR) is 87.9 cm³/mol. The highest BCUT2D eigenvalue weighted by atomic mass is 15.3. The zero-order valence-electron chi connectivity index (χ0n) is 13.0. The maximum absolute atomic E-state index is 4.55. The lowest BCUT2D eigenvalue weighted by atomic mass is 10.1. The summed E-state index contributed by atoms with van der Waals surface area (Å²) in [7, 11) is 0. The highest BCUT2D eigenvalue weighted by Crippen LogP contribution is 2.24. The van der Waals surface area contributed by atoms with Crippen LogP contribution in [0.3, 0.4) is 0 Å². The number of nitrogens with zero attached hydrogens (tertiary/aromatic N) is 2. The Morgan fingerprint density at radius 2 is 1.38 bits per heavy atom. The highest BCUT2D eigenvalue weighted by molar-refractivity contribution is 5.63. The summed E-state index contributed by atoms with van der Waals surface area (Å²) in [4.78, 5) is 0. The van der Waals surface area contributed by atoms with E-state index in [0.717, 1.165) is 5.56 Å². The van der Waals surface area contributed by atoms with E-state index in [9.17, 15) is 0 Å². The molecule has 0 atom stereocenters. The average Bonchev–Trinajstić information content (AvgIpc) is 2.87. The van der Waals surface area contributed by atoms with Gasteiger partial charge in [0.1, 0.15) is 0 Å². The first-order valence-electron chi connectivity index (χ1n) is 7.24. The van der Waals surface area contributed by atoms with Crippen molar-refractivity contribution in [1.82, 2.24) is 9.78 Å². The van der Waals surface area contributed by atoms with E-state index in [1.807, 2.05) is 10.9 Å². The van der Waals surface area contributed by atoms with Crippen molar-refractivity contribution in [1.29, 1.82) is 0 Å². The van der Waals surface area contributed by atoms with E-state index >= 15 is 0 Å². The van der Waals surface area contributed by atoms with Crippen LogP contribution >= 0.6 is 0 Å². The monoisotopic (exact) mass is 276 g/mol. The van der Waals surface area contributed by atoms with E-state index in [4.69, 9.17) is 0 Å². The standard InChI is InChI=1S/C19H20N2/c1-13-5-7-17(8-6-13)18-11-20-21(12-18)19-15(3)9-14(2)10-16(19)4/h5-12H,1-4H3. The molecule has 0 aliphatic heterocycles.